The molecule has 0 saturated carbocycles. The van der Waals surface area contributed by atoms with Gasteiger partial charge in [-0.2, -0.15) is 0 Å². The highest BCUT2D eigenvalue weighted by Crippen LogP contribution is 2.24. The molecule has 1 aliphatic rings. The Bertz CT molecular complexity index is 572. The van der Waals surface area contributed by atoms with E-state index in [1.165, 1.54) is 0 Å². The lowest BCUT2D eigenvalue weighted by atomic mass is 9.95. The van der Waals surface area contributed by atoms with Crippen LogP contribution in [0.1, 0.15) is 26.7 Å². The minimum absolute atomic E-state index is 0.286. The van der Waals surface area contributed by atoms with Crippen LogP contribution in [0.4, 0.5) is 11.4 Å². The molecule has 0 radical (unpaired) electrons. The van der Waals surface area contributed by atoms with Crippen molar-refractivity contribution in [2.45, 2.75) is 38.8 Å². The van der Waals surface area contributed by atoms with E-state index in [-0.39, 0.29) is 6.10 Å². The highest BCUT2D eigenvalue weighted by atomic mass is 32.2. The second-order valence-corrected chi connectivity index (χ2v) is 7.72. The second-order valence-electron chi connectivity index (χ2n) is 5.97. The van der Waals surface area contributed by atoms with Crippen LogP contribution >= 0.6 is 0 Å². The Hall–Kier alpha value is -1.27. The van der Waals surface area contributed by atoms with Crippen molar-refractivity contribution in [1.82, 2.24) is 0 Å². The molecule has 2 unspecified atom stereocenters. The zero-order valence-electron chi connectivity index (χ0n) is 12.8. The number of anilines is 2. The number of ether oxygens (including phenoxy) is 1. The van der Waals surface area contributed by atoms with Crippen LogP contribution in [0.2, 0.25) is 0 Å². The maximum absolute atomic E-state index is 11.3. The maximum atomic E-state index is 11.3. The molecule has 2 N–H and O–H groups in total. The molecule has 5 nitrogen and oxygen atoms in total. The molecule has 118 valence electrons. The fraction of sp³-hybridized carbons (Fsp3) is 0.600. The molecular weight excluding hydrogens is 288 g/mol. The lowest BCUT2D eigenvalue weighted by Gasteiger charge is -2.33. The molecular formula is C15H24N2O3S. The number of nitrogens with one attached hydrogen (secondary N) is 2. The molecule has 2 atom stereocenters. The van der Waals surface area contributed by atoms with Crippen LogP contribution in [0.15, 0.2) is 24.3 Å². The lowest BCUT2D eigenvalue weighted by molar-refractivity contribution is -0.0160. The fourth-order valence-electron chi connectivity index (χ4n) is 2.55. The van der Waals surface area contributed by atoms with E-state index in [1.54, 1.807) is 6.07 Å². The van der Waals surface area contributed by atoms with Crippen LogP contribution in [0.5, 0.6) is 0 Å². The normalized spacial score (nSPS) is 23.0. The van der Waals surface area contributed by atoms with Gasteiger partial charge in [0.15, 0.2) is 0 Å². The summed E-state index contributed by atoms with van der Waals surface area (Å²) in [5.41, 5.74) is 1.51. The Morgan fingerprint density at radius 2 is 2.00 bits per heavy atom. The van der Waals surface area contributed by atoms with E-state index in [0.29, 0.717) is 17.6 Å². The Morgan fingerprint density at radius 1 is 1.29 bits per heavy atom. The summed E-state index contributed by atoms with van der Waals surface area (Å²) in [4.78, 5) is 0. The van der Waals surface area contributed by atoms with Crippen molar-refractivity contribution >= 4 is 21.4 Å². The lowest BCUT2D eigenvalue weighted by Crippen LogP contribution is -2.36. The summed E-state index contributed by atoms with van der Waals surface area (Å²) in [7, 11) is -3.24. The molecule has 1 fully saturated rings. The molecule has 21 heavy (non-hydrogen) atoms. The van der Waals surface area contributed by atoms with Gasteiger partial charge in [-0.3, -0.25) is 4.72 Å². The molecule has 0 bridgehead atoms. The molecule has 2 rings (SSSR count). The topological polar surface area (TPSA) is 67.4 Å². The van der Waals surface area contributed by atoms with Crippen molar-refractivity contribution in [2.75, 3.05) is 22.9 Å². The molecule has 1 aromatic carbocycles. The molecule has 6 heteroatoms. The van der Waals surface area contributed by atoms with Crippen molar-refractivity contribution in [3.63, 3.8) is 0 Å². The third kappa shape index (κ3) is 5.21. The number of rotatable bonds is 5. The zero-order chi connectivity index (χ0) is 15.5. The molecule has 0 aromatic heterocycles. The van der Waals surface area contributed by atoms with E-state index in [1.807, 2.05) is 18.2 Å². The average Bonchev–Trinajstić information content (AvgIpc) is 2.37. The van der Waals surface area contributed by atoms with Crippen LogP contribution in [0.3, 0.4) is 0 Å². The van der Waals surface area contributed by atoms with E-state index < -0.39 is 10.0 Å². The first kappa shape index (κ1) is 16.1. The molecule has 0 aliphatic carbocycles. The van der Waals surface area contributed by atoms with Crippen molar-refractivity contribution in [3.05, 3.63) is 24.3 Å². The maximum Gasteiger partial charge on any atom is 0.229 e. The van der Waals surface area contributed by atoms with Crippen LogP contribution < -0.4 is 10.0 Å². The molecule has 0 spiro atoms. The van der Waals surface area contributed by atoms with Crippen molar-refractivity contribution in [1.29, 1.82) is 0 Å². The highest BCUT2D eigenvalue weighted by Gasteiger charge is 2.24. The zero-order valence-corrected chi connectivity index (χ0v) is 13.6. The SMILES string of the molecule is CC(C)C1CC(Nc2cccc(NS(C)(=O)=O)c2)CCO1. The summed E-state index contributed by atoms with van der Waals surface area (Å²) >= 11 is 0. The fourth-order valence-corrected chi connectivity index (χ4v) is 3.10. The van der Waals surface area contributed by atoms with Gasteiger partial charge in [0.2, 0.25) is 10.0 Å². The third-order valence-corrected chi connectivity index (χ3v) is 4.20. The van der Waals surface area contributed by atoms with Gasteiger partial charge in [0, 0.05) is 18.3 Å². The van der Waals surface area contributed by atoms with Gasteiger partial charge < -0.3 is 10.1 Å². The number of hydrogen-bond acceptors (Lipinski definition) is 4. The smallest absolute Gasteiger partial charge is 0.229 e. The molecule has 1 aromatic rings. The first-order chi connectivity index (χ1) is 9.83. The minimum atomic E-state index is -3.24. The molecule has 0 amide bonds. The Morgan fingerprint density at radius 3 is 2.67 bits per heavy atom. The first-order valence-electron chi connectivity index (χ1n) is 7.29. The van der Waals surface area contributed by atoms with Gasteiger partial charge >= 0.3 is 0 Å². The van der Waals surface area contributed by atoms with Gasteiger partial charge in [0.05, 0.1) is 18.0 Å². The van der Waals surface area contributed by atoms with Crippen molar-refractivity contribution in [2.24, 2.45) is 5.92 Å². The Balaban J connectivity index is 2.01. The van der Waals surface area contributed by atoms with E-state index in [9.17, 15) is 8.42 Å². The van der Waals surface area contributed by atoms with Crippen LogP contribution in [0, 0.1) is 5.92 Å². The van der Waals surface area contributed by atoms with Gasteiger partial charge in [-0.25, -0.2) is 8.42 Å². The van der Waals surface area contributed by atoms with Gasteiger partial charge in [0.1, 0.15) is 0 Å². The third-order valence-electron chi connectivity index (χ3n) is 3.60. The summed E-state index contributed by atoms with van der Waals surface area (Å²) in [6.07, 6.45) is 3.38. The highest BCUT2D eigenvalue weighted by molar-refractivity contribution is 7.92. The largest absolute Gasteiger partial charge is 0.382 e. The summed E-state index contributed by atoms with van der Waals surface area (Å²) in [6, 6.07) is 7.72. The van der Waals surface area contributed by atoms with Gasteiger partial charge in [-0.15, -0.1) is 0 Å². The van der Waals surface area contributed by atoms with Crippen LogP contribution in [0.25, 0.3) is 0 Å². The standard InChI is InChI=1S/C15H24N2O3S/c1-11(2)15-10-13(7-8-20-15)16-12-5-4-6-14(9-12)17-21(3,18)19/h4-6,9,11,13,15-17H,7-8,10H2,1-3H3. The quantitative estimate of drug-likeness (QED) is 0.877. The Kier molecular flexibility index (Phi) is 5.11. The van der Waals surface area contributed by atoms with Gasteiger partial charge in [0.25, 0.3) is 0 Å². The number of sulfonamides is 1. The minimum Gasteiger partial charge on any atom is -0.382 e. The first-order valence-corrected chi connectivity index (χ1v) is 9.18. The predicted molar refractivity (Wildman–Crippen MR) is 86.1 cm³/mol. The van der Waals surface area contributed by atoms with E-state index in [4.69, 9.17) is 4.74 Å². The van der Waals surface area contributed by atoms with Crippen LogP contribution in [-0.4, -0.2) is 33.4 Å². The summed E-state index contributed by atoms with van der Waals surface area (Å²) in [6.45, 7) is 5.11. The predicted octanol–water partition coefficient (Wildman–Crippen LogP) is 2.67. The number of hydrogen-bond donors (Lipinski definition) is 2. The Labute approximate surface area is 127 Å². The van der Waals surface area contributed by atoms with Crippen molar-refractivity contribution in [3.8, 4) is 0 Å². The summed E-state index contributed by atoms with van der Waals surface area (Å²) < 4.78 is 30.8. The average molecular weight is 312 g/mol. The number of benzene rings is 1. The summed E-state index contributed by atoms with van der Waals surface area (Å²) in [5, 5.41) is 3.48. The molecule has 1 heterocycles. The van der Waals surface area contributed by atoms with Gasteiger partial charge in [-0.05, 0) is 37.0 Å². The molecule has 1 saturated heterocycles. The van der Waals surface area contributed by atoms with E-state index >= 15 is 0 Å². The van der Waals surface area contributed by atoms with Crippen LogP contribution in [-0.2, 0) is 14.8 Å². The van der Waals surface area contributed by atoms with Crippen molar-refractivity contribution < 1.29 is 13.2 Å². The molecule has 1 aliphatic heterocycles. The van der Waals surface area contributed by atoms with Gasteiger partial charge in [-0.1, -0.05) is 19.9 Å². The van der Waals surface area contributed by atoms with E-state index in [2.05, 4.69) is 23.9 Å². The van der Waals surface area contributed by atoms with E-state index in [0.717, 1.165) is 31.4 Å². The monoisotopic (exact) mass is 312 g/mol. The summed E-state index contributed by atoms with van der Waals surface area (Å²) in [5.74, 6) is 0.507. The second kappa shape index (κ2) is 6.66.